The monoisotopic (exact) mass is 825 g/mol. The van der Waals surface area contributed by atoms with Crippen LogP contribution >= 0.6 is 0 Å². The molecule has 0 unspecified atom stereocenters. The summed E-state index contributed by atoms with van der Waals surface area (Å²) in [5, 5.41) is 28.7. The molecular weight excluding hydrogens is 773 g/mol. The highest BCUT2D eigenvalue weighted by molar-refractivity contribution is 6.72. The van der Waals surface area contributed by atoms with Gasteiger partial charge in [0.05, 0.1) is 16.7 Å². The average molecular weight is 822 g/mol. The molecule has 0 aliphatic rings. The predicted molar refractivity (Wildman–Crippen MR) is 331 cm³/mol. The van der Waals surface area contributed by atoms with Crippen LogP contribution in [0.1, 0.15) is 5.82 Å². The second kappa shape index (κ2) is 15.8. The Kier molecular flexibility index (Phi) is 11.0. The number of aliphatic hydroxyl groups is 2. The maximum absolute atomic E-state index is 11.2. The van der Waals surface area contributed by atoms with Crippen LogP contribution in [0.25, 0.3) is 82.4 Å². The van der Waals surface area contributed by atoms with E-state index in [-0.39, 0.29) is 0 Å². The molecule has 9 rings (SSSR count). The molecule has 9 aromatic rings. The van der Waals surface area contributed by atoms with Crippen molar-refractivity contribution < 1.29 is 10.2 Å². The van der Waals surface area contributed by atoms with Gasteiger partial charge in [-0.1, -0.05) is 99.5 Å². The summed E-state index contributed by atoms with van der Waals surface area (Å²) in [6.45, 7) is 0. The number of para-hydroxylation sites is 2. The molecule has 0 amide bonds. The van der Waals surface area contributed by atoms with Crippen LogP contribution in [0.15, 0.2) is 84.9 Å². The van der Waals surface area contributed by atoms with Gasteiger partial charge < -0.3 is 10.2 Å². The summed E-state index contributed by atoms with van der Waals surface area (Å²) in [5.41, 5.74) is 25.5. The fourth-order valence-corrected chi connectivity index (χ4v) is 11.0. The third-order valence-corrected chi connectivity index (χ3v) is 16.6. The minimum absolute atomic E-state index is 0.587. The number of hydrogen-bond donors (Lipinski definition) is 2. The first-order chi connectivity index (χ1) is 30.6. The van der Waals surface area contributed by atoms with Gasteiger partial charge in [0, 0.05) is 10.6 Å². The Hall–Kier alpha value is -5.03. The molecule has 2 N–H and O–H groups in total. The molecule has 0 aliphatic carbocycles. The van der Waals surface area contributed by atoms with E-state index in [1.165, 1.54) is 134 Å². The molecule has 0 fully saturated rings. The first-order valence-electron chi connectivity index (χ1n) is 23.2. The topological polar surface area (TPSA) is 58.3 Å². The molecule has 0 aliphatic heterocycles. The zero-order valence-electron chi connectivity index (χ0n) is 41.4. The number of hydrogen-bond acceptors (Lipinski definition) is 3. The quantitative estimate of drug-likeness (QED) is 0.0998. The lowest BCUT2D eigenvalue weighted by molar-refractivity contribution is -0.100. The van der Waals surface area contributed by atoms with Crippen molar-refractivity contribution in [2.45, 2.75) is 10.9 Å². The summed E-state index contributed by atoms with van der Waals surface area (Å²) in [7, 11) is 35.0. The van der Waals surface area contributed by atoms with Crippen molar-refractivity contribution in [2.75, 3.05) is 0 Å². The summed E-state index contributed by atoms with van der Waals surface area (Å²) in [4.78, 5) is 5.10. The minimum atomic E-state index is -2.03. The van der Waals surface area contributed by atoms with E-state index >= 15 is 0 Å². The van der Waals surface area contributed by atoms with E-state index in [0.29, 0.717) is 5.82 Å². The molecule has 0 spiro atoms. The van der Waals surface area contributed by atoms with Crippen molar-refractivity contribution >= 4 is 240 Å². The molecule has 4 nitrogen and oxygen atoms in total. The number of nitrogens with zero attached hydrogens (tertiary/aromatic N) is 2. The summed E-state index contributed by atoms with van der Waals surface area (Å²) >= 11 is 0. The lowest BCUT2D eigenvalue weighted by atomic mass is 9.45. The Labute approximate surface area is 398 Å². The van der Waals surface area contributed by atoms with E-state index in [0.717, 1.165) is 27.5 Å². The third-order valence-electron chi connectivity index (χ3n) is 16.6. The van der Waals surface area contributed by atoms with Gasteiger partial charge in [0.2, 0.25) is 0 Å². The van der Waals surface area contributed by atoms with E-state index in [4.69, 9.17) is 4.98 Å². The normalized spacial score (nSPS) is 12.2. The summed E-state index contributed by atoms with van der Waals surface area (Å²) in [5.74, 6) is 0.587. The van der Waals surface area contributed by atoms with Gasteiger partial charge in [-0.15, -0.1) is 38.2 Å². The first kappa shape index (κ1) is 45.1. The van der Waals surface area contributed by atoms with E-state index < -0.39 is 10.9 Å². The maximum atomic E-state index is 11.2. The number of benzene rings is 8. The molecule has 0 bridgehead atoms. The van der Waals surface area contributed by atoms with Gasteiger partial charge in [0.1, 0.15) is 129 Å². The van der Waals surface area contributed by atoms with Gasteiger partial charge in [-0.05, 0) is 78.5 Å². The van der Waals surface area contributed by atoms with E-state index in [1.54, 1.807) is 0 Å². The fraction of sp³-hybridized carbons (Fsp3) is 0.0444. The van der Waals surface area contributed by atoms with Crippen LogP contribution in [0.5, 0.6) is 0 Å². The Bertz CT molecular complexity index is 3440. The smallest absolute Gasteiger partial charge is 0.177 e. The highest BCUT2D eigenvalue weighted by Gasteiger charge is 2.43. The molecule has 298 valence electrons. The number of fused-ring (bicyclic) bond motifs is 4. The largest absolute Gasteiger partial charge is 0.375 e. The van der Waals surface area contributed by atoms with E-state index in [1.807, 2.05) is 33.9 Å². The molecule has 65 heavy (non-hydrogen) atoms. The SMILES string of the molecule is Bc1c(B)c(B)c(-c2ccc(-c3c4c(B)c(B)c(B)c(B)c4c(-c4ccc(-n5c(C(B)(B)C(B)(O)O)nc6ccccc65)c5ccccc45)c4c(B)c(B)c(B)c(B)c34)cc2)c(B)c1B. The number of aromatic nitrogens is 2. The Balaban J connectivity index is 1.43. The van der Waals surface area contributed by atoms with Crippen LogP contribution in [0.3, 0.4) is 0 Å². The van der Waals surface area contributed by atoms with Crippen molar-refractivity contribution in [2.24, 2.45) is 0 Å². The highest BCUT2D eigenvalue weighted by Crippen LogP contribution is 2.44. The summed E-state index contributed by atoms with van der Waals surface area (Å²) < 4.78 is 2.14. The van der Waals surface area contributed by atoms with Crippen molar-refractivity contribution in [3.63, 3.8) is 0 Å². The van der Waals surface area contributed by atoms with Crippen LogP contribution in [-0.2, 0) is 5.21 Å². The first-order valence-corrected chi connectivity index (χ1v) is 23.2. The summed E-state index contributed by atoms with van der Waals surface area (Å²) in [6.07, 6.45) is 0. The van der Waals surface area contributed by atoms with Crippen LogP contribution in [-0.4, -0.2) is 151 Å². The Morgan fingerprint density at radius 2 is 0.800 bits per heavy atom. The second-order valence-corrected chi connectivity index (χ2v) is 19.9. The van der Waals surface area contributed by atoms with Crippen molar-refractivity contribution in [3.05, 3.63) is 90.8 Å². The third kappa shape index (κ3) is 6.55. The van der Waals surface area contributed by atoms with Crippen LogP contribution in [0.4, 0.5) is 0 Å². The lowest BCUT2D eigenvalue weighted by Gasteiger charge is -2.36. The molecular formula is C45H48B16N2O2. The van der Waals surface area contributed by atoms with Crippen molar-refractivity contribution in [1.82, 2.24) is 9.55 Å². The lowest BCUT2D eigenvalue weighted by Crippen LogP contribution is -2.55. The molecule has 8 aromatic carbocycles. The van der Waals surface area contributed by atoms with Crippen molar-refractivity contribution in [3.8, 4) is 39.1 Å². The highest BCUT2D eigenvalue weighted by atomic mass is 16.5. The van der Waals surface area contributed by atoms with Crippen LogP contribution in [0, 0.1) is 0 Å². The van der Waals surface area contributed by atoms with Gasteiger partial charge in [-0.25, -0.2) is 4.98 Å². The maximum Gasteiger partial charge on any atom is 0.177 e. The van der Waals surface area contributed by atoms with E-state index in [2.05, 4.69) is 173 Å². The Morgan fingerprint density at radius 1 is 0.400 bits per heavy atom. The van der Waals surface area contributed by atoms with Crippen LogP contribution < -0.4 is 71.0 Å². The molecule has 1 aromatic heterocycles. The predicted octanol–water partition coefficient (Wildman–Crippen LogP) is -15.5. The minimum Gasteiger partial charge on any atom is -0.375 e. The van der Waals surface area contributed by atoms with Gasteiger partial charge in [0.25, 0.3) is 0 Å². The van der Waals surface area contributed by atoms with Crippen molar-refractivity contribution in [1.29, 1.82) is 0 Å². The average Bonchev–Trinajstić information content (AvgIpc) is 3.69. The molecule has 20 heteroatoms. The number of rotatable bonds is 6. The Morgan fingerprint density at radius 3 is 1.29 bits per heavy atom. The molecule has 0 saturated heterocycles. The molecule has 0 radical (unpaired) electrons. The molecule has 0 atom stereocenters. The van der Waals surface area contributed by atoms with E-state index in [9.17, 15) is 10.2 Å². The van der Waals surface area contributed by atoms with Gasteiger partial charge in [-0.3, -0.25) is 4.57 Å². The molecule has 1 heterocycles. The molecule has 0 saturated carbocycles. The van der Waals surface area contributed by atoms with Gasteiger partial charge in [-0.2, -0.15) is 0 Å². The second-order valence-electron chi connectivity index (χ2n) is 19.9. The standard InChI is InChI=1S/C45H48B16N2O2/c46-30-24(31(47)37(53)42(58)36(30)52)16-11-9-15(10-12-16)23-26-28(34(50)40(56)38(54)32(26)48)25(29-27(23)33(49)39(55)41(57)35(29)51)19-13-14-21(18-6-2-1-5-17(18)19)63-22-8-4-3-7-20(22)62-43(63)44(59,60)45(61,64)65/h1-14,64-65H,46-61H2. The van der Waals surface area contributed by atoms with Crippen LogP contribution in [0.2, 0.25) is 0 Å². The number of imidazole rings is 1. The summed E-state index contributed by atoms with van der Waals surface area (Å²) in [6, 6.07) is 30.8. The van der Waals surface area contributed by atoms with Gasteiger partial charge >= 0.3 is 0 Å². The zero-order chi connectivity index (χ0) is 46.9. The fourth-order valence-electron chi connectivity index (χ4n) is 11.0. The van der Waals surface area contributed by atoms with Gasteiger partial charge in [0.15, 0.2) is 7.85 Å². The zero-order valence-corrected chi connectivity index (χ0v) is 41.4.